The molecule has 0 aromatic rings. The van der Waals surface area contributed by atoms with E-state index in [9.17, 15) is 0 Å². The summed E-state index contributed by atoms with van der Waals surface area (Å²) >= 11 is 1.90. The Bertz CT molecular complexity index is 109. The molecule has 0 saturated heterocycles. The highest BCUT2D eigenvalue weighted by Gasteiger charge is 1.89. The third-order valence-corrected chi connectivity index (χ3v) is 2.70. The van der Waals surface area contributed by atoms with Crippen LogP contribution < -0.4 is 5.32 Å². The van der Waals surface area contributed by atoms with Gasteiger partial charge in [0.1, 0.15) is 0 Å². The van der Waals surface area contributed by atoms with Gasteiger partial charge in [-0.3, -0.25) is 0 Å². The molecular formula is C10H21NOS. The highest BCUT2D eigenvalue weighted by atomic mass is 32.2. The highest BCUT2D eigenvalue weighted by Crippen LogP contribution is 1.99. The molecule has 0 radical (unpaired) electrons. The average Bonchev–Trinajstić information content (AvgIpc) is 2.16. The quantitative estimate of drug-likeness (QED) is 0.418. The predicted octanol–water partition coefficient (Wildman–Crippen LogP) is 1.66. The molecule has 0 atom stereocenters. The first-order chi connectivity index (χ1) is 6.41. The molecule has 2 N–H and O–H groups in total. The van der Waals surface area contributed by atoms with Crippen molar-refractivity contribution in [2.24, 2.45) is 0 Å². The van der Waals surface area contributed by atoms with Gasteiger partial charge in [0.2, 0.25) is 0 Å². The van der Waals surface area contributed by atoms with E-state index >= 15 is 0 Å². The Labute approximate surface area is 85.8 Å². The van der Waals surface area contributed by atoms with Crippen LogP contribution in [0.2, 0.25) is 0 Å². The van der Waals surface area contributed by atoms with Crippen molar-refractivity contribution in [2.75, 3.05) is 31.2 Å². The molecule has 0 heterocycles. The van der Waals surface area contributed by atoms with E-state index in [1.165, 1.54) is 6.42 Å². The summed E-state index contributed by atoms with van der Waals surface area (Å²) in [5.74, 6) is 2.22. The van der Waals surface area contributed by atoms with E-state index in [2.05, 4.69) is 11.9 Å². The lowest BCUT2D eigenvalue weighted by Crippen LogP contribution is -2.18. The van der Waals surface area contributed by atoms with Gasteiger partial charge in [0.15, 0.2) is 0 Å². The van der Waals surface area contributed by atoms with Crippen molar-refractivity contribution < 1.29 is 5.11 Å². The Kier molecular flexibility index (Phi) is 12.0. The zero-order chi connectivity index (χ0) is 9.78. The summed E-state index contributed by atoms with van der Waals surface area (Å²) in [7, 11) is 0. The summed E-state index contributed by atoms with van der Waals surface area (Å²) < 4.78 is 0. The van der Waals surface area contributed by atoms with E-state index in [0.29, 0.717) is 6.61 Å². The molecule has 0 rings (SSSR count). The molecule has 3 heteroatoms. The largest absolute Gasteiger partial charge is 0.396 e. The number of hydrogen-bond donors (Lipinski definition) is 2. The van der Waals surface area contributed by atoms with Crippen LogP contribution in [0.4, 0.5) is 0 Å². The van der Waals surface area contributed by atoms with Gasteiger partial charge in [-0.05, 0) is 31.6 Å². The Morgan fingerprint density at radius 2 is 2.08 bits per heavy atom. The van der Waals surface area contributed by atoms with Crippen molar-refractivity contribution in [3.05, 3.63) is 12.7 Å². The van der Waals surface area contributed by atoms with Gasteiger partial charge in [-0.1, -0.05) is 6.08 Å². The lowest BCUT2D eigenvalue weighted by molar-refractivity contribution is 0.296. The van der Waals surface area contributed by atoms with Gasteiger partial charge in [-0.15, -0.1) is 6.58 Å². The van der Waals surface area contributed by atoms with Crippen LogP contribution in [0.15, 0.2) is 12.7 Å². The van der Waals surface area contributed by atoms with Gasteiger partial charge in [-0.25, -0.2) is 0 Å². The molecule has 0 aromatic carbocycles. The third-order valence-electron chi connectivity index (χ3n) is 1.63. The minimum Gasteiger partial charge on any atom is -0.396 e. The second kappa shape index (κ2) is 12.0. The molecule has 0 spiro atoms. The number of aliphatic hydroxyl groups excluding tert-OH is 1. The van der Waals surface area contributed by atoms with Crippen LogP contribution in [0.1, 0.15) is 19.3 Å². The molecule has 2 nitrogen and oxygen atoms in total. The maximum Gasteiger partial charge on any atom is 0.0438 e. The number of nitrogens with one attached hydrogen (secondary N) is 1. The SMILES string of the molecule is C=CCCCNCCSCCCO. The van der Waals surface area contributed by atoms with E-state index in [-0.39, 0.29) is 0 Å². The zero-order valence-corrected chi connectivity index (χ0v) is 9.11. The van der Waals surface area contributed by atoms with Crippen molar-refractivity contribution >= 4 is 11.8 Å². The first kappa shape index (κ1) is 13.0. The minimum atomic E-state index is 0.319. The third kappa shape index (κ3) is 12.0. The molecule has 0 saturated carbocycles. The van der Waals surface area contributed by atoms with Crippen molar-refractivity contribution in [1.29, 1.82) is 0 Å². The smallest absolute Gasteiger partial charge is 0.0438 e. The summed E-state index contributed by atoms with van der Waals surface area (Å²) in [6, 6.07) is 0. The molecule has 0 bridgehead atoms. The molecule has 0 aliphatic heterocycles. The predicted molar refractivity (Wildman–Crippen MR) is 61.3 cm³/mol. The maximum absolute atomic E-state index is 8.53. The van der Waals surface area contributed by atoms with Gasteiger partial charge in [0.05, 0.1) is 0 Å². The molecule has 0 aliphatic rings. The fourth-order valence-corrected chi connectivity index (χ4v) is 1.74. The van der Waals surface area contributed by atoms with Crippen molar-refractivity contribution in [2.45, 2.75) is 19.3 Å². The molecule has 0 amide bonds. The number of allylic oxidation sites excluding steroid dienone is 1. The van der Waals surface area contributed by atoms with Crippen molar-refractivity contribution in [3.8, 4) is 0 Å². The van der Waals surface area contributed by atoms with Crippen LogP contribution in [0.5, 0.6) is 0 Å². The second-order valence-corrected chi connectivity index (χ2v) is 4.10. The van der Waals surface area contributed by atoms with E-state index in [1.54, 1.807) is 0 Å². The lowest BCUT2D eigenvalue weighted by atomic mass is 10.3. The molecule has 0 aromatic heterocycles. The normalized spacial score (nSPS) is 10.2. The average molecular weight is 203 g/mol. The molecular weight excluding hydrogens is 182 g/mol. The zero-order valence-electron chi connectivity index (χ0n) is 8.30. The van der Waals surface area contributed by atoms with Crippen LogP contribution in [0, 0.1) is 0 Å². The Morgan fingerprint density at radius 1 is 1.23 bits per heavy atom. The van der Waals surface area contributed by atoms with Crippen LogP contribution in [0.3, 0.4) is 0 Å². The molecule has 0 unspecified atom stereocenters. The molecule has 0 aliphatic carbocycles. The number of rotatable bonds is 10. The maximum atomic E-state index is 8.53. The summed E-state index contributed by atoms with van der Waals surface area (Å²) in [6.45, 7) is 6.16. The minimum absolute atomic E-state index is 0.319. The lowest BCUT2D eigenvalue weighted by Gasteiger charge is -2.02. The number of hydrogen-bond acceptors (Lipinski definition) is 3. The second-order valence-electron chi connectivity index (χ2n) is 2.87. The fraction of sp³-hybridized carbons (Fsp3) is 0.800. The topological polar surface area (TPSA) is 32.3 Å². The van der Waals surface area contributed by atoms with Crippen molar-refractivity contribution in [3.63, 3.8) is 0 Å². The number of aliphatic hydroxyl groups is 1. The Morgan fingerprint density at radius 3 is 2.77 bits per heavy atom. The molecule has 78 valence electrons. The van der Waals surface area contributed by atoms with Crippen LogP contribution in [0.25, 0.3) is 0 Å². The van der Waals surface area contributed by atoms with E-state index < -0.39 is 0 Å². The van der Waals surface area contributed by atoms with Crippen LogP contribution in [-0.2, 0) is 0 Å². The van der Waals surface area contributed by atoms with Crippen LogP contribution >= 0.6 is 11.8 Å². The summed E-state index contributed by atoms with van der Waals surface area (Å²) in [5, 5.41) is 11.9. The van der Waals surface area contributed by atoms with E-state index in [0.717, 1.165) is 37.4 Å². The Balaban J connectivity index is 2.79. The first-order valence-corrected chi connectivity index (χ1v) is 6.07. The van der Waals surface area contributed by atoms with Gasteiger partial charge >= 0.3 is 0 Å². The van der Waals surface area contributed by atoms with Crippen molar-refractivity contribution in [1.82, 2.24) is 5.32 Å². The highest BCUT2D eigenvalue weighted by molar-refractivity contribution is 7.99. The Hall–Kier alpha value is 0.01000. The summed E-state index contributed by atoms with van der Waals surface area (Å²) in [6.07, 6.45) is 5.16. The number of unbranched alkanes of at least 4 members (excludes halogenated alkanes) is 1. The van der Waals surface area contributed by atoms with E-state index in [1.807, 2.05) is 17.8 Å². The summed E-state index contributed by atoms with van der Waals surface area (Å²) in [4.78, 5) is 0. The molecule has 13 heavy (non-hydrogen) atoms. The summed E-state index contributed by atoms with van der Waals surface area (Å²) in [5.41, 5.74) is 0. The van der Waals surface area contributed by atoms with Gasteiger partial charge in [0, 0.05) is 18.9 Å². The fourth-order valence-electron chi connectivity index (χ4n) is 0.909. The van der Waals surface area contributed by atoms with Gasteiger partial charge in [-0.2, -0.15) is 11.8 Å². The van der Waals surface area contributed by atoms with Gasteiger partial charge in [0.25, 0.3) is 0 Å². The monoisotopic (exact) mass is 203 g/mol. The molecule has 0 fully saturated rings. The van der Waals surface area contributed by atoms with Gasteiger partial charge < -0.3 is 10.4 Å². The standard InChI is InChI=1S/C10H21NOS/c1-2-3-4-6-11-7-10-13-9-5-8-12/h2,11-12H,1,3-10H2. The first-order valence-electron chi connectivity index (χ1n) is 4.92. The van der Waals surface area contributed by atoms with Crippen LogP contribution in [-0.4, -0.2) is 36.3 Å². The van der Waals surface area contributed by atoms with E-state index in [4.69, 9.17) is 5.11 Å². The number of thioether (sulfide) groups is 1.